The Kier molecular flexibility index (Phi) is 4.66. The molecule has 0 aliphatic carbocycles. The Morgan fingerprint density at radius 1 is 1.67 bits per heavy atom. The van der Waals surface area contributed by atoms with Crippen LogP contribution in [-0.2, 0) is 11.2 Å². The van der Waals surface area contributed by atoms with Gasteiger partial charge in [0, 0.05) is 12.0 Å². The van der Waals surface area contributed by atoms with Gasteiger partial charge in [-0.15, -0.1) is 22.9 Å². The monoisotopic (exact) mass is 204 g/mol. The Morgan fingerprint density at radius 3 is 3.08 bits per heavy atom. The molecule has 0 aliphatic rings. The van der Waals surface area contributed by atoms with Crippen molar-refractivity contribution in [2.75, 3.05) is 13.7 Å². The average Bonchev–Trinajstić information content (AvgIpc) is 2.53. The van der Waals surface area contributed by atoms with E-state index < -0.39 is 0 Å². The van der Waals surface area contributed by atoms with Gasteiger partial charge in [-0.05, 0) is 24.3 Å². The molecule has 0 aromatic carbocycles. The molecule has 0 bridgehead atoms. The van der Waals surface area contributed by atoms with Crippen molar-refractivity contribution in [2.24, 2.45) is 0 Å². The number of hydrogen-bond donors (Lipinski definition) is 0. The summed E-state index contributed by atoms with van der Waals surface area (Å²) in [6.45, 7) is 0.646. The van der Waals surface area contributed by atoms with Crippen LogP contribution in [0.15, 0.2) is 17.5 Å². The van der Waals surface area contributed by atoms with Crippen LogP contribution in [0.25, 0.3) is 0 Å². The highest BCUT2D eigenvalue weighted by Gasteiger charge is 2.04. The number of rotatable bonds is 5. The van der Waals surface area contributed by atoms with Crippen LogP contribution < -0.4 is 0 Å². The smallest absolute Gasteiger partial charge is 0.0626 e. The van der Waals surface area contributed by atoms with E-state index in [1.807, 2.05) is 0 Å². The fraction of sp³-hybridized carbons (Fsp3) is 0.556. The summed E-state index contributed by atoms with van der Waals surface area (Å²) >= 11 is 7.76. The molecular weight excluding hydrogens is 192 g/mol. The minimum absolute atomic E-state index is 0.150. The molecule has 0 amide bonds. The Labute approximate surface area is 82.3 Å². The van der Waals surface area contributed by atoms with Crippen molar-refractivity contribution in [3.05, 3.63) is 22.4 Å². The molecule has 0 fully saturated rings. The second-order valence-electron chi connectivity index (χ2n) is 2.67. The minimum atomic E-state index is 0.150. The second kappa shape index (κ2) is 5.57. The van der Waals surface area contributed by atoms with Gasteiger partial charge in [0.25, 0.3) is 0 Å². The van der Waals surface area contributed by atoms with E-state index in [-0.39, 0.29) is 5.38 Å². The third kappa shape index (κ3) is 3.57. The van der Waals surface area contributed by atoms with E-state index in [4.69, 9.17) is 16.3 Å². The molecule has 0 aliphatic heterocycles. The fourth-order valence-electron chi connectivity index (χ4n) is 1.02. The van der Waals surface area contributed by atoms with Gasteiger partial charge in [0.2, 0.25) is 0 Å². The zero-order chi connectivity index (χ0) is 8.81. The van der Waals surface area contributed by atoms with Crippen LogP contribution in [0.5, 0.6) is 0 Å². The molecule has 0 spiro atoms. The zero-order valence-electron chi connectivity index (χ0n) is 7.13. The van der Waals surface area contributed by atoms with Gasteiger partial charge >= 0.3 is 0 Å². The van der Waals surface area contributed by atoms with Crippen LogP contribution in [0.1, 0.15) is 11.3 Å². The molecule has 1 nitrogen and oxygen atoms in total. The molecule has 0 saturated heterocycles. The van der Waals surface area contributed by atoms with E-state index in [0.29, 0.717) is 6.61 Å². The van der Waals surface area contributed by atoms with Gasteiger partial charge in [0.15, 0.2) is 0 Å². The summed E-state index contributed by atoms with van der Waals surface area (Å²) < 4.78 is 4.94. The first-order chi connectivity index (χ1) is 5.83. The SMILES string of the molecule is COCC(Cl)CCc1cccs1. The summed E-state index contributed by atoms with van der Waals surface area (Å²) in [5, 5.41) is 2.24. The third-order valence-corrected chi connectivity index (χ3v) is 2.91. The highest BCUT2D eigenvalue weighted by atomic mass is 35.5. The average molecular weight is 205 g/mol. The van der Waals surface area contributed by atoms with Gasteiger partial charge in [-0.25, -0.2) is 0 Å². The largest absolute Gasteiger partial charge is 0.383 e. The first kappa shape index (κ1) is 10.0. The van der Waals surface area contributed by atoms with E-state index in [2.05, 4.69) is 17.5 Å². The van der Waals surface area contributed by atoms with Crippen LogP contribution in [0.4, 0.5) is 0 Å². The Hall–Kier alpha value is -0.0500. The molecule has 68 valence electrons. The lowest BCUT2D eigenvalue weighted by Crippen LogP contribution is -2.07. The highest BCUT2D eigenvalue weighted by Crippen LogP contribution is 2.14. The summed E-state index contributed by atoms with van der Waals surface area (Å²) in [6.07, 6.45) is 2.06. The van der Waals surface area contributed by atoms with Gasteiger partial charge < -0.3 is 4.74 Å². The van der Waals surface area contributed by atoms with Gasteiger partial charge in [0.05, 0.1) is 12.0 Å². The number of halogens is 1. The molecule has 1 heterocycles. The molecule has 12 heavy (non-hydrogen) atoms. The van der Waals surface area contributed by atoms with E-state index in [1.165, 1.54) is 4.88 Å². The lowest BCUT2D eigenvalue weighted by Gasteiger charge is -2.05. The molecule has 1 rings (SSSR count). The van der Waals surface area contributed by atoms with E-state index >= 15 is 0 Å². The van der Waals surface area contributed by atoms with Crippen LogP contribution in [0.3, 0.4) is 0 Å². The zero-order valence-corrected chi connectivity index (χ0v) is 8.70. The maximum atomic E-state index is 5.98. The maximum Gasteiger partial charge on any atom is 0.0626 e. The summed E-state index contributed by atoms with van der Waals surface area (Å²) in [4.78, 5) is 1.40. The molecule has 0 saturated carbocycles. The highest BCUT2D eigenvalue weighted by molar-refractivity contribution is 7.09. The molecule has 1 atom stereocenters. The predicted octanol–water partition coefficient (Wildman–Crippen LogP) is 2.93. The first-order valence-electron chi connectivity index (χ1n) is 3.98. The van der Waals surface area contributed by atoms with Crippen LogP contribution in [0, 0.1) is 0 Å². The topological polar surface area (TPSA) is 9.23 Å². The number of thiophene rings is 1. The van der Waals surface area contributed by atoms with Gasteiger partial charge in [-0.2, -0.15) is 0 Å². The summed E-state index contributed by atoms with van der Waals surface area (Å²) in [5.74, 6) is 0. The van der Waals surface area contributed by atoms with Gasteiger partial charge in [-0.1, -0.05) is 6.07 Å². The van der Waals surface area contributed by atoms with E-state index in [9.17, 15) is 0 Å². The first-order valence-corrected chi connectivity index (χ1v) is 5.30. The summed E-state index contributed by atoms with van der Waals surface area (Å²) in [5.41, 5.74) is 0. The molecule has 1 aromatic heterocycles. The fourth-order valence-corrected chi connectivity index (χ4v) is 1.98. The van der Waals surface area contributed by atoms with Crippen LogP contribution in [-0.4, -0.2) is 19.1 Å². The normalized spacial score (nSPS) is 13.2. The number of ether oxygens (including phenoxy) is 1. The molecule has 3 heteroatoms. The van der Waals surface area contributed by atoms with Crippen molar-refractivity contribution in [1.29, 1.82) is 0 Å². The molecule has 0 N–H and O–H groups in total. The lowest BCUT2D eigenvalue weighted by atomic mass is 10.2. The van der Waals surface area contributed by atoms with Gasteiger partial charge in [0.1, 0.15) is 0 Å². The van der Waals surface area contributed by atoms with Crippen LogP contribution in [0.2, 0.25) is 0 Å². The van der Waals surface area contributed by atoms with Gasteiger partial charge in [-0.3, -0.25) is 0 Å². The summed E-state index contributed by atoms with van der Waals surface area (Å²) in [7, 11) is 1.68. The number of aryl methyl sites for hydroxylation is 1. The third-order valence-electron chi connectivity index (χ3n) is 1.63. The Balaban J connectivity index is 2.17. The number of methoxy groups -OCH3 is 1. The number of alkyl halides is 1. The number of hydrogen-bond acceptors (Lipinski definition) is 2. The van der Waals surface area contributed by atoms with Crippen molar-refractivity contribution < 1.29 is 4.74 Å². The van der Waals surface area contributed by atoms with Crippen molar-refractivity contribution in [3.8, 4) is 0 Å². The van der Waals surface area contributed by atoms with Crippen LogP contribution >= 0.6 is 22.9 Å². The quantitative estimate of drug-likeness (QED) is 0.671. The molecular formula is C9H13ClOS. The molecule has 0 radical (unpaired) electrons. The van der Waals surface area contributed by atoms with Crippen molar-refractivity contribution in [2.45, 2.75) is 18.2 Å². The second-order valence-corrected chi connectivity index (χ2v) is 4.32. The standard InChI is InChI=1S/C9H13ClOS/c1-11-7-8(10)4-5-9-3-2-6-12-9/h2-3,6,8H,4-5,7H2,1H3. The minimum Gasteiger partial charge on any atom is -0.383 e. The Morgan fingerprint density at radius 2 is 2.50 bits per heavy atom. The van der Waals surface area contributed by atoms with E-state index in [0.717, 1.165) is 12.8 Å². The molecule has 1 unspecified atom stereocenters. The predicted molar refractivity (Wildman–Crippen MR) is 54.2 cm³/mol. The van der Waals surface area contributed by atoms with Crippen molar-refractivity contribution in [1.82, 2.24) is 0 Å². The molecule has 1 aromatic rings. The lowest BCUT2D eigenvalue weighted by molar-refractivity contribution is 0.195. The van der Waals surface area contributed by atoms with Crippen molar-refractivity contribution >= 4 is 22.9 Å². The maximum absolute atomic E-state index is 5.98. The summed E-state index contributed by atoms with van der Waals surface area (Å²) in [6, 6.07) is 4.21. The van der Waals surface area contributed by atoms with E-state index in [1.54, 1.807) is 18.4 Å². The van der Waals surface area contributed by atoms with Crippen molar-refractivity contribution in [3.63, 3.8) is 0 Å². The Bertz CT molecular complexity index is 198.